The van der Waals surface area contributed by atoms with Crippen LogP contribution < -0.4 is 5.73 Å². The van der Waals surface area contributed by atoms with Crippen molar-refractivity contribution in [1.29, 1.82) is 0 Å². The van der Waals surface area contributed by atoms with Crippen molar-refractivity contribution in [2.45, 2.75) is 38.6 Å². The number of halogens is 1. The monoisotopic (exact) mass is 351 g/mol. The number of hydrogen-bond donors (Lipinski definition) is 1. The van der Waals surface area contributed by atoms with Gasteiger partial charge in [0.05, 0.1) is 12.0 Å². The average Bonchev–Trinajstić information content (AvgIpc) is 2.56. The Hall–Kier alpha value is -1.59. The molecule has 0 spiro atoms. The third kappa shape index (κ3) is 4.48. The maximum absolute atomic E-state index is 12.5. The minimum atomic E-state index is -0.821. The summed E-state index contributed by atoms with van der Waals surface area (Å²) >= 11 is 6.11. The van der Waals surface area contributed by atoms with E-state index in [4.69, 9.17) is 17.3 Å². The van der Waals surface area contributed by atoms with Crippen LogP contribution in [0.25, 0.3) is 0 Å². The molecule has 1 aliphatic rings. The van der Waals surface area contributed by atoms with Gasteiger partial charge in [0.2, 0.25) is 11.8 Å². The fourth-order valence-electron chi connectivity index (χ4n) is 3.06. The summed E-state index contributed by atoms with van der Waals surface area (Å²) in [5.41, 5.74) is 6.14. The predicted octanol–water partition coefficient (Wildman–Crippen LogP) is 2.07. The molecule has 1 fully saturated rings. The molecule has 2 N–H and O–H groups in total. The first-order valence-corrected chi connectivity index (χ1v) is 8.82. The Kier molecular flexibility index (Phi) is 6.24. The van der Waals surface area contributed by atoms with Crippen molar-refractivity contribution in [2.24, 2.45) is 5.73 Å². The second kappa shape index (κ2) is 7.99. The van der Waals surface area contributed by atoms with Crippen LogP contribution in [-0.4, -0.2) is 53.3 Å². The topological polar surface area (TPSA) is 66.6 Å². The standard InChI is InChI=1S/C18H26ClN3O2/c1-3-8-18(2,20)17(24)22-11-9-21(10-12-22)16(23)13-14-6-4-5-7-15(14)19/h4-7H,3,8-13,20H2,1-2H3. The van der Waals surface area contributed by atoms with Gasteiger partial charge in [0.15, 0.2) is 0 Å². The normalized spacial score (nSPS) is 17.5. The van der Waals surface area contributed by atoms with Crippen LogP contribution in [-0.2, 0) is 16.0 Å². The Morgan fingerprint density at radius 2 is 1.75 bits per heavy atom. The zero-order valence-electron chi connectivity index (χ0n) is 14.4. The molecule has 2 amide bonds. The van der Waals surface area contributed by atoms with Crippen LogP contribution in [0.2, 0.25) is 5.02 Å². The zero-order valence-corrected chi connectivity index (χ0v) is 15.2. The number of rotatable bonds is 5. The number of carbonyl (C=O) groups is 2. The van der Waals surface area contributed by atoms with E-state index in [1.165, 1.54) is 0 Å². The summed E-state index contributed by atoms with van der Waals surface area (Å²) in [7, 11) is 0. The van der Waals surface area contributed by atoms with Gasteiger partial charge in [-0.25, -0.2) is 0 Å². The Morgan fingerprint density at radius 1 is 1.17 bits per heavy atom. The molecule has 1 heterocycles. The minimum Gasteiger partial charge on any atom is -0.339 e. The number of amides is 2. The Labute approximate surface area is 148 Å². The Balaban J connectivity index is 1.89. The first-order chi connectivity index (χ1) is 11.3. The molecule has 0 saturated carbocycles. The quantitative estimate of drug-likeness (QED) is 0.883. The summed E-state index contributed by atoms with van der Waals surface area (Å²) in [4.78, 5) is 28.5. The van der Waals surface area contributed by atoms with Crippen molar-refractivity contribution in [1.82, 2.24) is 9.80 Å². The molecule has 1 saturated heterocycles. The summed E-state index contributed by atoms with van der Waals surface area (Å²) in [6, 6.07) is 7.38. The van der Waals surface area contributed by atoms with Crippen molar-refractivity contribution >= 4 is 23.4 Å². The van der Waals surface area contributed by atoms with Crippen LogP contribution in [0, 0.1) is 0 Å². The summed E-state index contributed by atoms with van der Waals surface area (Å²) in [5.74, 6) is 0.0156. The van der Waals surface area contributed by atoms with Crippen molar-refractivity contribution in [3.8, 4) is 0 Å². The molecular weight excluding hydrogens is 326 g/mol. The second-order valence-corrected chi connectivity index (χ2v) is 7.02. The molecule has 6 heteroatoms. The van der Waals surface area contributed by atoms with E-state index in [-0.39, 0.29) is 18.2 Å². The number of benzene rings is 1. The van der Waals surface area contributed by atoms with Gasteiger partial charge in [-0.1, -0.05) is 43.1 Å². The predicted molar refractivity (Wildman–Crippen MR) is 95.8 cm³/mol. The van der Waals surface area contributed by atoms with E-state index in [2.05, 4.69) is 0 Å². The van der Waals surface area contributed by atoms with Gasteiger partial charge in [-0.2, -0.15) is 0 Å². The highest BCUT2D eigenvalue weighted by Gasteiger charge is 2.34. The Bertz CT molecular complexity index is 596. The molecule has 1 unspecified atom stereocenters. The molecule has 1 aromatic carbocycles. The molecule has 1 atom stereocenters. The van der Waals surface area contributed by atoms with E-state index in [1.54, 1.807) is 22.8 Å². The molecule has 0 radical (unpaired) electrons. The van der Waals surface area contributed by atoms with E-state index in [0.717, 1.165) is 12.0 Å². The number of nitrogens with two attached hydrogens (primary N) is 1. The maximum atomic E-state index is 12.5. The Morgan fingerprint density at radius 3 is 2.33 bits per heavy atom. The maximum Gasteiger partial charge on any atom is 0.242 e. The van der Waals surface area contributed by atoms with Crippen molar-refractivity contribution < 1.29 is 9.59 Å². The third-order valence-electron chi connectivity index (χ3n) is 4.48. The average molecular weight is 352 g/mol. The van der Waals surface area contributed by atoms with E-state index >= 15 is 0 Å². The molecule has 0 aromatic heterocycles. The van der Waals surface area contributed by atoms with Gasteiger partial charge in [-0.05, 0) is 25.0 Å². The van der Waals surface area contributed by atoms with E-state index < -0.39 is 5.54 Å². The van der Waals surface area contributed by atoms with E-state index in [1.807, 2.05) is 25.1 Å². The lowest BCUT2D eigenvalue weighted by Crippen LogP contribution is -2.58. The largest absolute Gasteiger partial charge is 0.339 e. The van der Waals surface area contributed by atoms with Crippen LogP contribution in [0.4, 0.5) is 0 Å². The first kappa shape index (κ1) is 18.7. The molecule has 0 aliphatic carbocycles. The fourth-order valence-corrected chi connectivity index (χ4v) is 3.27. The SMILES string of the molecule is CCCC(C)(N)C(=O)N1CCN(C(=O)Cc2ccccc2Cl)CC1. The van der Waals surface area contributed by atoms with Crippen molar-refractivity contribution in [3.05, 3.63) is 34.9 Å². The first-order valence-electron chi connectivity index (χ1n) is 8.44. The molecular formula is C18H26ClN3O2. The smallest absolute Gasteiger partial charge is 0.242 e. The number of carbonyl (C=O) groups excluding carboxylic acids is 2. The van der Waals surface area contributed by atoms with Crippen LogP contribution >= 0.6 is 11.6 Å². The summed E-state index contributed by atoms with van der Waals surface area (Å²) in [6.45, 7) is 5.94. The van der Waals surface area contributed by atoms with Crippen molar-refractivity contribution in [2.75, 3.05) is 26.2 Å². The van der Waals surface area contributed by atoms with Gasteiger partial charge < -0.3 is 15.5 Å². The molecule has 0 bridgehead atoms. The lowest BCUT2D eigenvalue weighted by Gasteiger charge is -2.38. The molecule has 24 heavy (non-hydrogen) atoms. The van der Waals surface area contributed by atoms with Gasteiger partial charge in [0.25, 0.3) is 0 Å². The zero-order chi connectivity index (χ0) is 17.7. The lowest BCUT2D eigenvalue weighted by molar-refractivity contribution is -0.142. The second-order valence-electron chi connectivity index (χ2n) is 6.61. The van der Waals surface area contributed by atoms with Gasteiger partial charge in [-0.15, -0.1) is 0 Å². The van der Waals surface area contributed by atoms with Gasteiger partial charge in [-0.3, -0.25) is 9.59 Å². The van der Waals surface area contributed by atoms with Crippen LogP contribution in [0.1, 0.15) is 32.3 Å². The third-order valence-corrected chi connectivity index (χ3v) is 4.85. The highest BCUT2D eigenvalue weighted by molar-refractivity contribution is 6.31. The summed E-state index contributed by atoms with van der Waals surface area (Å²) < 4.78 is 0. The van der Waals surface area contributed by atoms with Gasteiger partial charge in [0, 0.05) is 31.2 Å². The number of nitrogens with zero attached hydrogens (tertiary/aromatic N) is 2. The fraction of sp³-hybridized carbons (Fsp3) is 0.556. The number of hydrogen-bond acceptors (Lipinski definition) is 3. The molecule has 132 valence electrons. The molecule has 1 aromatic rings. The van der Waals surface area contributed by atoms with E-state index in [0.29, 0.717) is 37.6 Å². The summed E-state index contributed by atoms with van der Waals surface area (Å²) in [6.07, 6.45) is 1.82. The highest BCUT2D eigenvalue weighted by atomic mass is 35.5. The van der Waals surface area contributed by atoms with Crippen LogP contribution in [0.15, 0.2) is 24.3 Å². The lowest BCUT2D eigenvalue weighted by atomic mass is 9.95. The molecule has 1 aliphatic heterocycles. The van der Waals surface area contributed by atoms with Gasteiger partial charge in [0.1, 0.15) is 0 Å². The van der Waals surface area contributed by atoms with Crippen molar-refractivity contribution in [3.63, 3.8) is 0 Å². The van der Waals surface area contributed by atoms with Gasteiger partial charge >= 0.3 is 0 Å². The molecule has 5 nitrogen and oxygen atoms in total. The van der Waals surface area contributed by atoms with Crippen LogP contribution in [0.3, 0.4) is 0 Å². The minimum absolute atomic E-state index is 0.0254. The van der Waals surface area contributed by atoms with E-state index in [9.17, 15) is 9.59 Å². The highest BCUT2D eigenvalue weighted by Crippen LogP contribution is 2.18. The number of piperazine rings is 1. The molecule has 2 rings (SSSR count). The van der Waals surface area contributed by atoms with Crippen LogP contribution in [0.5, 0.6) is 0 Å². The summed E-state index contributed by atoms with van der Waals surface area (Å²) in [5, 5.41) is 0.609.